The second kappa shape index (κ2) is 3.52. The summed E-state index contributed by atoms with van der Waals surface area (Å²) in [6.45, 7) is 4.49. The molecule has 2 nitrogen and oxygen atoms in total. The first-order valence-corrected chi connectivity index (χ1v) is 5.35. The van der Waals surface area contributed by atoms with Crippen molar-refractivity contribution >= 4 is 0 Å². The van der Waals surface area contributed by atoms with Crippen molar-refractivity contribution in [2.24, 2.45) is 0 Å². The third-order valence-corrected chi connectivity index (χ3v) is 3.25. The van der Waals surface area contributed by atoms with Crippen LogP contribution in [0.5, 0.6) is 0 Å². The van der Waals surface area contributed by atoms with Gasteiger partial charge in [-0.15, -0.1) is 0 Å². The maximum atomic E-state index is 4.42. The molecule has 1 heterocycles. The highest BCUT2D eigenvalue weighted by Crippen LogP contribution is 2.31. The fourth-order valence-corrected chi connectivity index (χ4v) is 1.69. The van der Waals surface area contributed by atoms with Crippen molar-refractivity contribution in [1.82, 2.24) is 9.78 Å². The van der Waals surface area contributed by atoms with Gasteiger partial charge < -0.3 is 0 Å². The molecular formula is C11H18N2. The third kappa shape index (κ3) is 1.62. The van der Waals surface area contributed by atoms with Gasteiger partial charge in [0.05, 0.1) is 12.2 Å². The highest BCUT2D eigenvalue weighted by molar-refractivity contribution is 5.10. The molecule has 0 saturated heterocycles. The Balaban J connectivity index is 2.08. The summed E-state index contributed by atoms with van der Waals surface area (Å²) in [7, 11) is 0. The third-order valence-electron chi connectivity index (χ3n) is 3.25. The van der Waals surface area contributed by atoms with Crippen molar-refractivity contribution < 1.29 is 0 Å². The molecule has 1 fully saturated rings. The van der Waals surface area contributed by atoms with Gasteiger partial charge in [-0.05, 0) is 37.2 Å². The zero-order valence-electron chi connectivity index (χ0n) is 8.53. The van der Waals surface area contributed by atoms with Crippen LogP contribution in [0.4, 0.5) is 0 Å². The molecule has 0 radical (unpaired) electrons. The molecule has 1 unspecified atom stereocenters. The highest BCUT2D eigenvalue weighted by atomic mass is 15.3. The normalized spacial score (nSPS) is 19.8. The first-order valence-electron chi connectivity index (χ1n) is 5.35. The first-order chi connectivity index (χ1) is 6.31. The van der Waals surface area contributed by atoms with Crippen LogP contribution in [0.1, 0.15) is 57.1 Å². The van der Waals surface area contributed by atoms with Gasteiger partial charge in [0.25, 0.3) is 0 Å². The molecule has 0 aliphatic heterocycles. The quantitative estimate of drug-likeness (QED) is 0.695. The summed E-state index contributed by atoms with van der Waals surface area (Å²) in [4.78, 5) is 0. The molecule has 2 rings (SSSR count). The minimum absolute atomic E-state index is 0.661. The Labute approximate surface area is 80.0 Å². The molecule has 1 aromatic rings. The molecule has 1 saturated carbocycles. The van der Waals surface area contributed by atoms with Crippen LogP contribution in [-0.4, -0.2) is 9.78 Å². The second-order valence-corrected chi connectivity index (χ2v) is 4.15. The van der Waals surface area contributed by atoms with Crippen LogP contribution in [0.25, 0.3) is 0 Å². The van der Waals surface area contributed by atoms with E-state index >= 15 is 0 Å². The van der Waals surface area contributed by atoms with Gasteiger partial charge in [-0.3, -0.25) is 4.68 Å². The molecule has 1 aliphatic carbocycles. The van der Waals surface area contributed by atoms with E-state index in [4.69, 9.17) is 0 Å². The Hall–Kier alpha value is -0.790. The number of hydrogen-bond acceptors (Lipinski definition) is 1. The minimum atomic E-state index is 0.661. The average Bonchev–Trinajstić information content (AvgIpc) is 2.49. The van der Waals surface area contributed by atoms with Gasteiger partial charge in [-0.2, -0.15) is 5.10 Å². The van der Waals surface area contributed by atoms with E-state index in [2.05, 4.69) is 29.8 Å². The van der Waals surface area contributed by atoms with E-state index in [1.54, 1.807) is 0 Å². The average molecular weight is 178 g/mol. The Bertz CT molecular complexity index is 254. The molecule has 0 bridgehead atoms. The summed E-state index contributed by atoms with van der Waals surface area (Å²) in [6.07, 6.45) is 9.49. The predicted molar refractivity (Wildman–Crippen MR) is 53.8 cm³/mol. The fraction of sp³-hybridized carbons (Fsp3) is 0.727. The van der Waals surface area contributed by atoms with Crippen LogP contribution >= 0.6 is 0 Å². The lowest BCUT2D eigenvalue weighted by atomic mass is 9.93. The zero-order valence-corrected chi connectivity index (χ0v) is 8.53. The van der Waals surface area contributed by atoms with Gasteiger partial charge >= 0.3 is 0 Å². The van der Waals surface area contributed by atoms with Crippen LogP contribution < -0.4 is 0 Å². The summed E-state index contributed by atoms with van der Waals surface area (Å²) in [5.74, 6) is 0.661. The highest BCUT2D eigenvalue weighted by Gasteiger charge is 2.20. The number of aromatic nitrogens is 2. The van der Waals surface area contributed by atoms with Gasteiger partial charge in [0.1, 0.15) is 0 Å². The van der Waals surface area contributed by atoms with Gasteiger partial charge in [0.15, 0.2) is 0 Å². The zero-order chi connectivity index (χ0) is 9.26. The molecule has 0 N–H and O–H groups in total. The number of hydrogen-bond donors (Lipinski definition) is 0. The molecule has 72 valence electrons. The Morgan fingerprint density at radius 1 is 1.62 bits per heavy atom. The first kappa shape index (κ1) is 8.79. The number of rotatable bonds is 3. The maximum absolute atomic E-state index is 4.42. The smallest absolute Gasteiger partial charge is 0.0524 e. The van der Waals surface area contributed by atoms with E-state index in [1.165, 1.54) is 31.2 Å². The van der Waals surface area contributed by atoms with E-state index in [1.807, 2.05) is 6.20 Å². The number of nitrogens with zero attached hydrogens (tertiary/aromatic N) is 2. The van der Waals surface area contributed by atoms with Crippen molar-refractivity contribution in [2.45, 2.75) is 51.5 Å². The van der Waals surface area contributed by atoms with Crippen LogP contribution in [0.3, 0.4) is 0 Å². The van der Waals surface area contributed by atoms with Crippen LogP contribution in [0, 0.1) is 0 Å². The monoisotopic (exact) mass is 178 g/mol. The van der Waals surface area contributed by atoms with Gasteiger partial charge in [0.2, 0.25) is 0 Å². The molecule has 1 aliphatic rings. The van der Waals surface area contributed by atoms with Crippen molar-refractivity contribution in [2.75, 3.05) is 0 Å². The van der Waals surface area contributed by atoms with E-state index in [9.17, 15) is 0 Å². The van der Waals surface area contributed by atoms with E-state index in [-0.39, 0.29) is 0 Å². The summed E-state index contributed by atoms with van der Waals surface area (Å²) < 4.78 is 2.16. The largest absolute Gasteiger partial charge is 0.269 e. The summed E-state index contributed by atoms with van der Waals surface area (Å²) in [5, 5.41) is 4.42. The molecular weight excluding hydrogens is 160 g/mol. The van der Waals surface area contributed by atoms with Crippen LogP contribution in [-0.2, 0) is 0 Å². The minimum Gasteiger partial charge on any atom is -0.269 e. The molecule has 0 aromatic carbocycles. The molecule has 2 heteroatoms. The lowest BCUT2D eigenvalue weighted by molar-refractivity contribution is 0.289. The fourth-order valence-electron chi connectivity index (χ4n) is 1.69. The van der Waals surface area contributed by atoms with Gasteiger partial charge in [-0.1, -0.05) is 13.8 Å². The molecule has 1 aromatic heterocycles. The van der Waals surface area contributed by atoms with Gasteiger partial charge in [-0.25, -0.2) is 0 Å². The second-order valence-electron chi connectivity index (χ2n) is 4.15. The molecule has 0 amide bonds. The van der Waals surface area contributed by atoms with E-state index in [0.29, 0.717) is 12.0 Å². The van der Waals surface area contributed by atoms with Crippen molar-refractivity contribution in [3.05, 3.63) is 18.0 Å². The maximum Gasteiger partial charge on any atom is 0.0524 e. The standard InChI is InChI=1S/C11H18N2/c1-3-9(2)10-7-12-13(8-10)11-5-4-6-11/h7-9,11H,3-6H2,1-2H3. The van der Waals surface area contributed by atoms with Gasteiger partial charge in [0, 0.05) is 6.20 Å². The summed E-state index contributed by atoms with van der Waals surface area (Å²) >= 11 is 0. The molecule has 13 heavy (non-hydrogen) atoms. The topological polar surface area (TPSA) is 17.8 Å². The van der Waals surface area contributed by atoms with Crippen molar-refractivity contribution in [1.29, 1.82) is 0 Å². The Kier molecular flexibility index (Phi) is 2.38. The lowest BCUT2D eigenvalue weighted by Crippen LogP contribution is -2.17. The Morgan fingerprint density at radius 3 is 2.92 bits per heavy atom. The van der Waals surface area contributed by atoms with E-state index in [0.717, 1.165) is 0 Å². The van der Waals surface area contributed by atoms with Crippen LogP contribution in [0.2, 0.25) is 0 Å². The summed E-state index contributed by atoms with van der Waals surface area (Å²) in [6, 6.07) is 0.706. The lowest BCUT2D eigenvalue weighted by Gasteiger charge is -2.25. The molecule has 1 atom stereocenters. The Morgan fingerprint density at radius 2 is 2.38 bits per heavy atom. The van der Waals surface area contributed by atoms with Crippen molar-refractivity contribution in [3.8, 4) is 0 Å². The van der Waals surface area contributed by atoms with Crippen molar-refractivity contribution in [3.63, 3.8) is 0 Å². The van der Waals surface area contributed by atoms with Crippen LogP contribution in [0.15, 0.2) is 12.4 Å². The summed E-state index contributed by atoms with van der Waals surface area (Å²) in [5.41, 5.74) is 1.40. The SMILES string of the molecule is CCC(C)c1cnn(C2CCC2)c1. The van der Waals surface area contributed by atoms with E-state index < -0.39 is 0 Å². The predicted octanol–water partition coefficient (Wildman–Crippen LogP) is 3.12. The molecule has 0 spiro atoms.